The van der Waals surface area contributed by atoms with Gasteiger partial charge in [-0.05, 0) is 17.5 Å². The van der Waals surface area contributed by atoms with Crippen LogP contribution in [0.5, 0.6) is 0 Å². The number of carbonyl (C=O) groups excluding carboxylic acids is 1. The van der Waals surface area contributed by atoms with Gasteiger partial charge in [0.05, 0.1) is 11.9 Å². The maximum Gasteiger partial charge on any atom is 0.233 e. The Bertz CT molecular complexity index is 786. The Morgan fingerprint density at radius 3 is 2.91 bits per heavy atom. The first kappa shape index (κ1) is 15.3. The maximum absolute atomic E-state index is 12.4. The summed E-state index contributed by atoms with van der Waals surface area (Å²) in [5.74, 6) is 0.452. The summed E-state index contributed by atoms with van der Waals surface area (Å²) in [7, 11) is 0. The highest BCUT2D eigenvalue weighted by molar-refractivity contribution is 7.99. The molecule has 1 aromatic carbocycles. The van der Waals surface area contributed by atoms with Crippen LogP contribution >= 0.6 is 11.8 Å². The Labute approximate surface area is 138 Å². The van der Waals surface area contributed by atoms with E-state index >= 15 is 0 Å². The lowest BCUT2D eigenvalue weighted by Gasteiger charge is -2.28. The minimum atomic E-state index is 0.0519. The number of nitrogens with two attached hydrogens (primary N) is 1. The number of rotatable bonds is 3. The van der Waals surface area contributed by atoms with Gasteiger partial charge in [-0.3, -0.25) is 4.79 Å². The molecule has 1 aliphatic rings. The first-order valence-corrected chi connectivity index (χ1v) is 8.16. The third kappa shape index (κ3) is 3.43. The lowest BCUT2D eigenvalue weighted by atomic mass is 10.00. The Hall–Kier alpha value is -2.59. The largest absolute Gasteiger partial charge is 0.382 e. The van der Waals surface area contributed by atoms with Gasteiger partial charge >= 0.3 is 0 Å². The van der Waals surface area contributed by atoms with Crippen LogP contribution in [0.2, 0.25) is 0 Å². The summed E-state index contributed by atoms with van der Waals surface area (Å²) < 4.78 is 0. The van der Waals surface area contributed by atoms with Gasteiger partial charge in [0.2, 0.25) is 5.91 Å². The zero-order chi connectivity index (χ0) is 16.2. The second-order valence-electron chi connectivity index (χ2n) is 5.19. The van der Waals surface area contributed by atoms with Crippen LogP contribution < -0.4 is 5.73 Å². The van der Waals surface area contributed by atoms with Crippen LogP contribution in [-0.4, -0.2) is 33.1 Å². The molecule has 0 saturated carbocycles. The molecule has 0 atom stereocenters. The predicted molar refractivity (Wildman–Crippen MR) is 87.4 cm³/mol. The van der Waals surface area contributed by atoms with Crippen molar-refractivity contribution in [1.29, 1.82) is 5.26 Å². The quantitative estimate of drug-likeness (QED) is 0.680. The summed E-state index contributed by atoms with van der Waals surface area (Å²) in [5.41, 5.74) is 8.41. The molecule has 0 radical (unpaired) electrons. The fourth-order valence-electron chi connectivity index (χ4n) is 2.46. The van der Waals surface area contributed by atoms with Crippen molar-refractivity contribution < 1.29 is 4.79 Å². The highest BCUT2D eigenvalue weighted by atomic mass is 32.2. The molecule has 1 aromatic heterocycles. The van der Waals surface area contributed by atoms with Crippen LogP contribution in [-0.2, 0) is 17.8 Å². The number of fused-ring (bicyclic) bond motifs is 1. The summed E-state index contributed by atoms with van der Waals surface area (Å²) in [4.78, 5) is 22.3. The molecule has 2 N–H and O–H groups in total. The van der Waals surface area contributed by atoms with Crippen LogP contribution in [0.25, 0.3) is 0 Å². The van der Waals surface area contributed by atoms with Gasteiger partial charge in [0.25, 0.3) is 0 Å². The minimum absolute atomic E-state index is 0.0519. The lowest BCUT2D eigenvalue weighted by Crippen LogP contribution is -2.37. The molecule has 3 rings (SSSR count). The summed E-state index contributed by atoms with van der Waals surface area (Å²) in [6.45, 7) is 1.37. The molecule has 23 heavy (non-hydrogen) atoms. The van der Waals surface area contributed by atoms with Crippen LogP contribution in [0.3, 0.4) is 0 Å². The number of hydrogen-bond acceptors (Lipinski definition) is 6. The standard InChI is InChI=1S/C16H15N5OS/c17-7-13-8-19-16(20-15(13)18)23-10-14(22)21-6-5-11-3-1-2-4-12(11)9-21/h1-4,8H,5-6,9-10H2,(H2,18,19,20). The molecule has 1 amide bonds. The van der Waals surface area contributed by atoms with Gasteiger partial charge in [0.15, 0.2) is 5.16 Å². The molecule has 0 spiro atoms. The van der Waals surface area contributed by atoms with E-state index < -0.39 is 0 Å². The molecule has 0 unspecified atom stereocenters. The van der Waals surface area contributed by atoms with E-state index in [9.17, 15) is 4.79 Å². The normalized spacial score (nSPS) is 13.3. The van der Waals surface area contributed by atoms with Crippen molar-refractivity contribution in [2.24, 2.45) is 0 Å². The Morgan fingerprint density at radius 1 is 1.39 bits per heavy atom. The molecule has 7 heteroatoms. The van der Waals surface area contributed by atoms with E-state index in [4.69, 9.17) is 11.0 Å². The number of thioether (sulfide) groups is 1. The van der Waals surface area contributed by atoms with Crippen LogP contribution in [0.15, 0.2) is 35.6 Å². The molecule has 2 heterocycles. The second kappa shape index (κ2) is 6.67. The first-order chi connectivity index (χ1) is 11.2. The van der Waals surface area contributed by atoms with Crippen molar-refractivity contribution in [3.8, 4) is 6.07 Å². The number of amides is 1. The molecule has 0 bridgehead atoms. The summed E-state index contributed by atoms with van der Waals surface area (Å²) in [5, 5.41) is 9.21. The van der Waals surface area contributed by atoms with Crippen molar-refractivity contribution >= 4 is 23.5 Å². The average Bonchev–Trinajstić information content (AvgIpc) is 2.59. The SMILES string of the molecule is N#Cc1cnc(SCC(=O)N2CCc3ccccc3C2)nc1N. The van der Waals surface area contributed by atoms with Gasteiger partial charge in [0, 0.05) is 13.1 Å². The number of nitrogen functional groups attached to an aromatic ring is 1. The van der Waals surface area contributed by atoms with E-state index in [2.05, 4.69) is 22.1 Å². The summed E-state index contributed by atoms with van der Waals surface area (Å²) in [6.07, 6.45) is 2.26. The number of nitrogens with zero attached hydrogens (tertiary/aromatic N) is 4. The number of benzene rings is 1. The highest BCUT2D eigenvalue weighted by Gasteiger charge is 2.20. The maximum atomic E-state index is 12.4. The Balaban J connectivity index is 1.60. The van der Waals surface area contributed by atoms with E-state index in [1.807, 2.05) is 23.1 Å². The van der Waals surface area contributed by atoms with Gasteiger partial charge in [-0.25, -0.2) is 9.97 Å². The van der Waals surface area contributed by atoms with Crippen molar-refractivity contribution in [3.05, 3.63) is 47.2 Å². The third-order valence-electron chi connectivity index (χ3n) is 3.72. The molecule has 0 saturated heterocycles. The van der Waals surface area contributed by atoms with Crippen molar-refractivity contribution in [3.63, 3.8) is 0 Å². The fraction of sp³-hybridized carbons (Fsp3) is 0.250. The van der Waals surface area contributed by atoms with E-state index in [0.717, 1.165) is 13.0 Å². The van der Waals surface area contributed by atoms with Gasteiger partial charge in [-0.15, -0.1) is 0 Å². The van der Waals surface area contributed by atoms with Crippen molar-refractivity contribution in [2.75, 3.05) is 18.0 Å². The number of aromatic nitrogens is 2. The molecule has 116 valence electrons. The summed E-state index contributed by atoms with van der Waals surface area (Å²) in [6, 6.07) is 10.1. The lowest BCUT2D eigenvalue weighted by molar-refractivity contribution is -0.129. The zero-order valence-electron chi connectivity index (χ0n) is 12.4. The van der Waals surface area contributed by atoms with Gasteiger partial charge in [-0.1, -0.05) is 36.0 Å². The Kier molecular flexibility index (Phi) is 4.44. The average molecular weight is 325 g/mol. The fourth-order valence-corrected chi connectivity index (χ4v) is 3.19. The molecule has 0 fully saturated rings. The molecule has 0 aliphatic carbocycles. The van der Waals surface area contributed by atoms with Crippen molar-refractivity contribution in [1.82, 2.24) is 14.9 Å². The van der Waals surface area contributed by atoms with E-state index in [1.54, 1.807) is 0 Å². The zero-order valence-corrected chi connectivity index (χ0v) is 13.2. The molecular weight excluding hydrogens is 310 g/mol. The number of carbonyl (C=O) groups is 1. The summed E-state index contributed by atoms with van der Waals surface area (Å²) >= 11 is 1.23. The minimum Gasteiger partial charge on any atom is -0.382 e. The van der Waals surface area contributed by atoms with Crippen LogP contribution in [0.1, 0.15) is 16.7 Å². The monoisotopic (exact) mass is 325 g/mol. The first-order valence-electron chi connectivity index (χ1n) is 7.17. The number of nitriles is 1. The molecular formula is C16H15N5OS. The van der Waals surface area contributed by atoms with Gasteiger partial charge < -0.3 is 10.6 Å². The van der Waals surface area contributed by atoms with Crippen LogP contribution in [0, 0.1) is 11.3 Å². The highest BCUT2D eigenvalue weighted by Crippen LogP contribution is 2.21. The Morgan fingerprint density at radius 2 is 2.17 bits per heavy atom. The topological polar surface area (TPSA) is 95.9 Å². The molecule has 2 aromatic rings. The second-order valence-corrected chi connectivity index (χ2v) is 6.13. The number of anilines is 1. The van der Waals surface area contributed by atoms with Gasteiger partial charge in [0.1, 0.15) is 17.5 Å². The molecule has 1 aliphatic heterocycles. The predicted octanol–water partition coefficient (Wildman–Crippen LogP) is 1.61. The third-order valence-corrected chi connectivity index (χ3v) is 4.57. The molecule has 6 nitrogen and oxygen atoms in total. The number of hydrogen-bond donors (Lipinski definition) is 1. The smallest absolute Gasteiger partial charge is 0.233 e. The van der Waals surface area contributed by atoms with E-state index in [-0.39, 0.29) is 23.0 Å². The van der Waals surface area contributed by atoms with E-state index in [1.165, 1.54) is 29.1 Å². The van der Waals surface area contributed by atoms with E-state index in [0.29, 0.717) is 11.7 Å². The van der Waals surface area contributed by atoms with Gasteiger partial charge in [-0.2, -0.15) is 5.26 Å². The van der Waals surface area contributed by atoms with Crippen molar-refractivity contribution in [2.45, 2.75) is 18.1 Å². The van der Waals surface area contributed by atoms with Crippen LogP contribution in [0.4, 0.5) is 5.82 Å².